The third-order valence-corrected chi connectivity index (χ3v) is 3.51. The largest absolute Gasteiger partial charge is 0.315 e. The summed E-state index contributed by atoms with van der Waals surface area (Å²) >= 11 is 0. The number of aryl methyl sites for hydroxylation is 2. The number of hydrogen-bond acceptors (Lipinski definition) is 2. The van der Waals surface area contributed by atoms with E-state index in [2.05, 4.69) is 30.3 Å². The monoisotopic (exact) mass is 278 g/mol. The van der Waals surface area contributed by atoms with Crippen LogP contribution in [-0.4, -0.2) is 13.0 Å². The molecule has 0 bridgehead atoms. The van der Waals surface area contributed by atoms with Crippen LogP contribution in [0.2, 0.25) is 0 Å². The van der Waals surface area contributed by atoms with Crippen molar-refractivity contribution in [2.24, 2.45) is 0 Å². The molecule has 0 heterocycles. The lowest BCUT2D eigenvalue weighted by Crippen LogP contribution is -2.26. The first-order valence-corrected chi connectivity index (χ1v) is 6.92. The van der Waals surface area contributed by atoms with E-state index in [0.717, 1.165) is 12.1 Å². The first-order valence-electron chi connectivity index (χ1n) is 6.92. The van der Waals surface area contributed by atoms with E-state index in [1.165, 1.54) is 11.1 Å². The Morgan fingerprint density at radius 1 is 1.10 bits per heavy atom. The molecular formula is C18H18N2O. The lowest BCUT2D eigenvalue weighted by Gasteiger charge is -2.17. The number of nitrogens with zero attached hydrogens (tertiary/aromatic N) is 2. The van der Waals surface area contributed by atoms with Crippen molar-refractivity contribution in [1.29, 1.82) is 5.26 Å². The summed E-state index contributed by atoms with van der Waals surface area (Å²) in [5, 5.41) is 8.78. The van der Waals surface area contributed by atoms with Crippen LogP contribution in [0.25, 0.3) is 0 Å². The molecule has 0 N–H and O–H groups in total. The first kappa shape index (κ1) is 14.8. The standard InChI is InChI=1S/C18H18N2O/c1-14-3-5-15(6-4-14)9-12-18(21)20(2)17-10-7-16(13-19)8-11-17/h3-8,10-11H,9,12H2,1-2H3. The van der Waals surface area contributed by atoms with Crippen LogP contribution in [0.3, 0.4) is 0 Å². The van der Waals surface area contributed by atoms with Crippen LogP contribution in [-0.2, 0) is 11.2 Å². The van der Waals surface area contributed by atoms with Crippen molar-refractivity contribution in [3.8, 4) is 6.07 Å². The number of amides is 1. The third-order valence-electron chi connectivity index (χ3n) is 3.51. The van der Waals surface area contributed by atoms with E-state index < -0.39 is 0 Å². The Morgan fingerprint density at radius 3 is 2.29 bits per heavy atom. The number of carbonyl (C=O) groups excluding carboxylic acids is 1. The fraction of sp³-hybridized carbons (Fsp3) is 0.222. The molecule has 21 heavy (non-hydrogen) atoms. The molecule has 0 aliphatic rings. The van der Waals surface area contributed by atoms with E-state index in [0.29, 0.717) is 12.0 Å². The van der Waals surface area contributed by atoms with Crippen LogP contribution in [0.5, 0.6) is 0 Å². The van der Waals surface area contributed by atoms with Gasteiger partial charge in [0.15, 0.2) is 0 Å². The maximum absolute atomic E-state index is 12.2. The van der Waals surface area contributed by atoms with Gasteiger partial charge in [-0.15, -0.1) is 0 Å². The van der Waals surface area contributed by atoms with Gasteiger partial charge in [0.25, 0.3) is 0 Å². The molecule has 0 fully saturated rings. The second-order valence-electron chi connectivity index (χ2n) is 5.10. The maximum Gasteiger partial charge on any atom is 0.227 e. The van der Waals surface area contributed by atoms with Gasteiger partial charge >= 0.3 is 0 Å². The Hall–Kier alpha value is -2.60. The summed E-state index contributed by atoms with van der Waals surface area (Å²) in [6.07, 6.45) is 1.21. The van der Waals surface area contributed by atoms with Crippen molar-refractivity contribution in [3.63, 3.8) is 0 Å². The van der Waals surface area contributed by atoms with Gasteiger partial charge in [0.05, 0.1) is 11.6 Å². The highest BCUT2D eigenvalue weighted by atomic mass is 16.2. The van der Waals surface area contributed by atoms with Crippen LogP contribution < -0.4 is 4.90 Å². The molecule has 0 aromatic heterocycles. The van der Waals surface area contributed by atoms with Gasteiger partial charge in [-0.25, -0.2) is 0 Å². The molecule has 3 heteroatoms. The lowest BCUT2D eigenvalue weighted by atomic mass is 10.1. The molecule has 0 unspecified atom stereocenters. The molecule has 3 nitrogen and oxygen atoms in total. The lowest BCUT2D eigenvalue weighted by molar-refractivity contribution is -0.118. The van der Waals surface area contributed by atoms with Crippen LogP contribution in [0.1, 0.15) is 23.1 Å². The molecule has 0 spiro atoms. The Bertz CT molecular complexity index is 651. The number of benzene rings is 2. The minimum atomic E-state index is 0.0697. The fourth-order valence-electron chi connectivity index (χ4n) is 2.08. The zero-order chi connectivity index (χ0) is 15.2. The Kier molecular flexibility index (Phi) is 4.73. The molecule has 106 valence electrons. The van der Waals surface area contributed by atoms with Crippen LogP contribution in [0.15, 0.2) is 48.5 Å². The molecule has 0 saturated heterocycles. The number of carbonyl (C=O) groups is 1. The second-order valence-corrected chi connectivity index (χ2v) is 5.10. The van der Waals surface area contributed by atoms with Crippen molar-refractivity contribution >= 4 is 11.6 Å². The van der Waals surface area contributed by atoms with Crippen molar-refractivity contribution < 1.29 is 4.79 Å². The summed E-state index contributed by atoms with van der Waals surface area (Å²) < 4.78 is 0. The van der Waals surface area contributed by atoms with E-state index >= 15 is 0 Å². The number of nitriles is 1. The van der Waals surface area contributed by atoms with E-state index in [9.17, 15) is 4.79 Å². The molecular weight excluding hydrogens is 260 g/mol. The SMILES string of the molecule is Cc1ccc(CCC(=O)N(C)c2ccc(C#N)cc2)cc1. The summed E-state index contributed by atoms with van der Waals surface area (Å²) in [5.74, 6) is 0.0697. The number of anilines is 1. The molecule has 1 amide bonds. The Morgan fingerprint density at radius 2 is 1.71 bits per heavy atom. The maximum atomic E-state index is 12.2. The second kappa shape index (κ2) is 6.71. The van der Waals surface area contributed by atoms with Crippen LogP contribution in [0.4, 0.5) is 5.69 Å². The predicted molar refractivity (Wildman–Crippen MR) is 84.1 cm³/mol. The molecule has 2 aromatic rings. The molecule has 0 saturated carbocycles. The quantitative estimate of drug-likeness (QED) is 0.859. The van der Waals surface area contributed by atoms with Gasteiger partial charge < -0.3 is 4.90 Å². The van der Waals surface area contributed by atoms with E-state index in [-0.39, 0.29) is 5.91 Å². The van der Waals surface area contributed by atoms with Crippen molar-refractivity contribution in [2.75, 3.05) is 11.9 Å². The number of hydrogen-bond donors (Lipinski definition) is 0. The van der Waals surface area contributed by atoms with E-state index in [1.807, 2.05) is 6.92 Å². The highest BCUT2D eigenvalue weighted by molar-refractivity contribution is 5.92. The summed E-state index contributed by atoms with van der Waals surface area (Å²) in [4.78, 5) is 13.8. The van der Waals surface area contributed by atoms with E-state index in [4.69, 9.17) is 5.26 Å². The summed E-state index contributed by atoms with van der Waals surface area (Å²) in [6, 6.07) is 17.3. The number of rotatable bonds is 4. The van der Waals surface area contributed by atoms with Gasteiger partial charge in [0.2, 0.25) is 5.91 Å². The average molecular weight is 278 g/mol. The normalized spacial score (nSPS) is 9.95. The molecule has 0 atom stereocenters. The zero-order valence-corrected chi connectivity index (χ0v) is 12.3. The van der Waals surface area contributed by atoms with Crippen LogP contribution >= 0.6 is 0 Å². The van der Waals surface area contributed by atoms with E-state index in [1.54, 1.807) is 36.2 Å². The Labute approximate surface area is 125 Å². The van der Waals surface area contributed by atoms with Gasteiger partial charge in [-0.1, -0.05) is 29.8 Å². The summed E-state index contributed by atoms with van der Waals surface area (Å²) in [7, 11) is 1.76. The average Bonchev–Trinajstić information content (AvgIpc) is 2.53. The smallest absolute Gasteiger partial charge is 0.227 e. The van der Waals surface area contributed by atoms with Gasteiger partial charge in [-0.3, -0.25) is 4.79 Å². The topological polar surface area (TPSA) is 44.1 Å². The molecule has 2 aromatic carbocycles. The fourth-order valence-corrected chi connectivity index (χ4v) is 2.08. The molecule has 0 aliphatic heterocycles. The van der Waals surface area contributed by atoms with Crippen molar-refractivity contribution in [1.82, 2.24) is 0 Å². The minimum Gasteiger partial charge on any atom is -0.315 e. The predicted octanol–water partition coefficient (Wildman–Crippen LogP) is 3.46. The van der Waals surface area contributed by atoms with Crippen LogP contribution in [0, 0.1) is 18.3 Å². The summed E-state index contributed by atoms with van der Waals surface area (Å²) in [5.41, 5.74) is 3.80. The van der Waals surface area contributed by atoms with Gasteiger partial charge in [-0.05, 0) is 43.2 Å². The summed E-state index contributed by atoms with van der Waals surface area (Å²) in [6.45, 7) is 2.05. The van der Waals surface area contributed by atoms with Crippen molar-refractivity contribution in [2.45, 2.75) is 19.8 Å². The Balaban J connectivity index is 1.95. The third kappa shape index (κ3) is 3.93. The highest BCUT2D eigenvalue weighted by Crippen LogP contribution is 2.15. The molecule has 0 aliphatic carbocycles. The van der Waals surface area contributed by atoms with Crippen molar-refractivity contribution in [3.05, 3.63) is 65.2 Å². The van der Waals surface area contributed by atoms with Gasteiger partial charge in [-0.2, -0.15) is 5.26 Å². The first-order chi connectivity index (χ1) is 10.1. The highest BCUT2D eigenvalue weighted by Gasteiger charge is 2.10. The minimum absolute atomic E-state index is 0.0697. The zero-order valence-electron chi connectivity index (χ0n) is 12.3. The molecule has 0 radical (unpaired) electrons. The van der Waals surface area contributed by atoms with Gasteiger partial charge in [0, 0.05) is 19.2 Å². The van der Waals surface area contributed by atoms with Gasteiger partial charge in [0.1, 0.15) is 0 Å². The molecule has 2 rings (SSSR count).